The second-order valence-electron chi connectivity index (χ2n) is 3.03. The Bertz CT molecular complexity index is 171. The summed E-state index contributed by atoms with van der Waals surface area (Å²) in [5.41, 5.74) is 0. The Hall–Kier alpha value is -0.440. The van der Waals surface area contributed by atoms with Crippen molar-refractivity contribution in [3.63, 3.8) is 0 Å². The van der Waals surface area contributed by atoms with E-state index < -0.39 is 5.97 Å². The monoisotopic (exact) mass is 186 g/mol. The molecule has 1 heterocycles. The number of carbonyl (C=O) groups is 1. The Kier molecular flexibility index (Phi) is 4.22. The lowest BCUT2D eigenvalue weighted by molar-refractivity contribution is -0.131. The molecule has 0 aromatic heterocycles. The summed E-state index contributed by atoms with van der Waals surface area (Å²) in [5.74, 6) is 2.37. The van der Waals surface area contributed by atoms with Crippen LogP contribution in [0.2, 0.25) is 0 Å². The summed E-state index contributed by atoms with van der Waals surface area (Å²) in [7, 11) is 0. The van der Waals surface area contributed by atoms with E-state index in [1.807, 2.05) is 11.8 Å². The smallest absolute Gasteiger partial charge is 0.327 e. The SMILES string of the molecule is O=C(O)/C=C\CC1CCSCC1. The lowest BCUT2D eigenvalue weighted by Gasteiger charge is -2.19. The predicted molar refractivity (Wildman–Crippen MR) is 51.4 cm³/mol. The normalized spacial score (nSPS) is 20.0. The van der Waals surface area contributed by atoms with Crippen LogP contribution in [-0.2, 0) is 4.79 Å². The van der Waals surface area contributed by atoms with Crippen molar-refractivity contribution >= 4 is 17.7 Å². The third-order valence-corrected chi connectivity index (χ3v) is 3.12. The van der Waals surface area contributed by atoms with E-state index in [9.17, 15) is 4.79 Å². The molecule has 1 N–H and O–H groups in total. The number of carboxylic acids is 1. The van der Waals surface area contributed by atoms with Gasteiger partial charge >= 0.3 is 5.97 Å². The van der Waals surface area contributed by atoms with Gasteiger partial charge in [-0.05, 0) is 36.7 Å². The molecule has 1 saturated heterocycles. The Labute approximate surface area is 77.0 Å². The van der Waals surface area contributed by atoms with Gasteiger partial charge in [-0.25, -0.2) is 4.79 Å². The Morgan fingerprint density at radius 3 is 2.75 bits per heavy atom. The van der Waals surface area contributed by atoms with Gasteiger partial charge in [0.15, 0.2) is 0 Å². The number of carboxylic acid groups (broad SMARTS) is 1. The lowest BCUT2D eigenvalue weighted by atomic mass is 9.99. The summed E-state index contributed by atoms with van der Waals surface area (Å²) in [6, 6.07) is 0. The fourth-order valence-electron chi connectivity index (χ4n) is 1.34. The van der Waals surface area contributed by atoms with E-state index in [1.54, 1.807) is 6.08 Å². The van der Waals surface area contributed by atoms with Crippen LogP contribution in [0.5, 0.6) is 0 Å². The second-order valence-corrected chi connectivity index (χ2v) is 4.26. The molecule has 0 atom stereocenters. The number of thioether (sulfide) groups is 1. The average molecular weight is 186 g/mol. The van der Waals surface area contributed by atoms with E-state index in [4.69, 9.17) is 5.11 Å². The van der Waals surface area contributed by atoms with Gasteiger partial charge in [0.2, 0.25) is 0 Å². The summed E-state index contributed by atoms with van der Waals surface area (Å²) in [5, 5.41) is 8.35. The first-order valence-electron chi connectivity index (χ1n) is 4.26. The van der Waals surface area contributed by atoms with Gasteiger partial charge in [-0.1, -0.05) is 6.08 Å². The highest BCUT2D eigenvalue weighted by Crippen LogP contribution is 2.25. The van der Waals surface area contributed by atoms with E-state index in [1.165, 1.54) is 30.4 Å². The first-order chi connectivity index (χ1) is 5.79. The molecule has 0 aromatic carbocycles. The number of aliphatic carboxylic acids is 1. The van der Waals surface area contributed by atoms with Crippen LogP contribution in [0, 0.1) is 5.92 Å². The van der Waals surface area contributed by atoms with Crippen LogP contribution < -0.4 is 0 Å². The zero-order valence-corrected chi connectivity index (χ0v) is 7.85. The molecule has 3 heteroatoms. The molecule has 1 rings (SSSR count). The number of rotatable bonds is 3. The highest BCUT2D eigenvalue weighted by molar-refractivity contribution is 7.99. The minimum Gasteiger partial charge on any atom is -0.478 e. The highest BCUT2D eigenvalue weighted by Gasteiger charge is 2.11. The Morgan fingerprint density at radius 1 is 1.50 bits per heavy atom. The van der Waals surface area contributed by atoms with Gasteiger partial charge in [-0.2, -0.15) is 11.8 Å². The molecule has 0 unspecified atom stereocenters. The molecule has 68 valence electrons. The van der Waals surface area contributed by atoms with Gasteiger partial charge in [-0.15, -0.1) is 0 Å². The molecule has 0 bridgehead atoms. The van der Waals surface area contributed by atoms with Gasteiger partial charge in [0.05, 0.1) is 0 Å². The van der Waals surface area contributed by atoms with Crippen molar-refractivity contribution in [2.24, 2.45) is 5.92 Å². The first-order valence-corrected chi connectivity index (χ1v) is 5.41. The highest BCUT2D eigenvalue weighted by atomic mass is 32.2. The molecule has 0 saturated carbocycles. The zero-order valence-electron chi connectivity index (χ0n) is 7.03. The summed E-state index contributed by atoms with van der Waals surface area (Å²) in [6.45, 7) is 0. The summed E-state index contributed by atoms with van der Waals surface area (Å²) < 4.78 is 0. The molecule has 1 aliphatic heterocycles. The van der Waals surface area contributed by atoms with Gasteiger partial charge in [0.25, 0.3) is 0 Å². The maximum atomic E-state index is 10.2. The second kappa shape index (κ2) is 5.25. The molecular formula is C9H14O2S. The zero-order chi connectivity index (χ0) is 8.81. The van der Waals surface area contributed by atoms with Crippen LogP contribution >= 0.6 is 11.8 Å². The molecule has 0 radical (unpaired) electrons. The van der Waals surface area contributed by atoms with Crippen LogP contribution in [0.3, 0.4) is 0 Å². The molecule has 1 aliphatic rings. The average Bonchev–Trinajstić information content (AvgIpc) is 2.05. The molecule has 0 spiro atoms. The molecule has 0 aliphatic carbocycles. The molecular weight excluding hydrogens is 172 g/mol. The van der Waals surface area contributed by atoms with E-state index in [0.717, 1.165) is 12.3 Å². The van der Waals surface area contributed by atoms with Gasteiger partial charge in [-0.3, -0.25) is 0 Å². The van der Waals surface area contributed by atoms with Crippen molar-refractivity contribution < 1.29 is 9.90 Å². The largest absolute Gasteiger partial charge is 0.478 e. The van der Waals surface area contributed by atoms with Gasteiger partial charge in [0, 0.05) is 6.08 Å². The predicted octanol–water partition coefficient (Wildman–Crippen LogP) is 2.16. The van der Waals surface area contributed by atoms with Crippen LogP contribution in [0.15, 0.2) is 12.2 Å². The van der Waals surface area contributed by atoms with Crippen LogP contribution in [0.4, 0.5) is 0 Å². The molecule has 1 fully saturated rings. The van der Waals surface area contributed by atoms with Crippen molar-refractivity contribution in [3.8, 4) is 0 Å². The van der Waals surface area contributed by atoms with Crippen LogP contribution in [0.1, 0.15) is 19.3 Å². The topological polar surface area (TPSA) is 37.3 Å². The van der Waals surface area contributed by atoms with Crippen molar-refractivity contribution in [1.82, 2.24) is 0 Å². The fraction of sp³-hybridized carbons (Fsp3) is 0.667. The van der Waals surface area contributed by atoms with Crippen LogP contribution in [-0.4, -0.2) is 22.6 Å². The summed E-state index contributed by atoms with van der Waals surface area (Å²) >= 11 is 2.00. The third kappa shape index (κ3) is 3.81. The van der Waals surface area contributed by atoms with Crippen molar-refractivity contribution in [2.75, 3.05) is 11.5 Å². The summed E-state index contributed by atoms with van der Waals surface area (Å²) in [6.07, 6.45) is 6.46. The first kappa shape index (κ1) is 9.65. The van der Waals surface area contributed by atoms with Crippen LogP contribution in [0.25, 0.3) is 0 Å². The van der Waals surface area contributed by atoms with Gasteiger partial charge in [0.1, 0.15) is 0 Å². The standard InChI is InChI=1S/C9H14O2S/c10-9(11)3-1-2-8-4-6-12-7-5-8/h1,3,8H,2,4-7H2,(H,10,11)/b3-1-. The van der Waals surface area contributed by atoms with Crippen molar-refractivity contribution in [1.29, 1.82) is 0 Å². The molecule has 0 amide bonds. The number of hydrogen-bond acceptors (Lipinski definition) is 2. The van der Waals surface area contributed by atoms with E-state index in [0.29, 0.717) is 0 Å². The van der Waals surface area contributed by atoms with Crippen molar-refractivity contribution in [2.45, 2.75) is 19.3 Å². The summed E-state index contributed by atoms with van der Waals surface area (Å²) in [4.78, 5) is 10.2. The number of allylic oxidation sites excluding steroid dienone is 1. The minimum absolute atomic E-state index is 0.724. The van der Waals surface area contributed by atoms with Gasteiger partial charge < -0.3 is 5.11 Å². The fourth-order valence-corrected chi connectivity index (χ4v) is 2.55. The molecule has 0 aromatic rings. The van der Waals surface area contributed by atoms with E-state index in [2.05, 4.69) is 0 Å². The van der Waals surface area contributed by atoms with E-state index >= 15 is 0 Å². The Balaban J connectivity index is 2.17. The maximum absolute atomic E-state index is 10.2. The Morgan fingerprint density at radius 2 is 2.17 bits per heavy atom. The number of hydrogen-bond donors (Lipinski definition) is 1. The van der Waals surface area contributed by atoms with E-state index in [-0.39, 0.29) is 0 Å². The third-order valence-electron chi connectivity index (χ3n) is 2.07. The lowest BCUT2D eigenvalue weighted by Crippen LogP contribution is -2.08. The maximum Gasteiger partial charge on any atom is 0.327 e. The quantitative estimate of drug-likeness (QED) is 0.686. The molecule has 2 nitrogen and oxygen atoms in total. The minimum atomic E-state index is -0.833. The van der Waals surface area contributed by atoms with Crippen molar-refractivity contribution in [3.05, 3.63) is 12.2 Å². The molecule has 12 heavy (non-hydrogen) atoms.